The van der Waals surface area contributed by atoms with Crippen molar-refractivity contribution in [2.75, 3.05) is 0 Å². The molecule has 286 valence electrons. The van der Waals surface area contributed by atoms with Gasteiger partial charge in [0.05, 0.1) is 11.1 Å². The molecule has 0 unspecified atom stereocenters. The van der Waals surface area contributed by atoms with Gasteiger partial charge < -0.3 is 9.47 Å². The minimum absolute atomic E-state index is 0.120. The number of alkyl halides is 6. The molecule has 0 amide bonds. The second-order valence-electron chi connectivity index (χ2n) is 12.9. The van der Waals surface area contributed by atoms with Crippen molar-refractivity contribution in [2.45, 2.75) is 77.9 Å². The number of hydrogen-bond acceptors (Lipinski definition) is 2. The highest BCUT2D eigenvalue weighted by molar-refractivity contribution is 5.51. The van der Waals surface area contributed by atoms with E-state index in [0.29, 0.717) is 29.5 Å². The van der Waals surface area contributed by atoms with Gasteiger partial charge in [-0.25, -0.2) is 13.2 Å². The van der Waals surface area contributed by atoms with Crippen LogP contribution in [0.2, 0.25) is 0 Å². The van der Waals surface area contributed by atoms with Gasteiger partial charge in [-0.2, -0.15) is 0 Å². The summed E-state index contributed by atoms with van der Waals surface area (Å²) in [4.78, 5) is 0. The zero-order valence-corrected chi connectivity index (χ0v) is 29.9. The molecule has 4 aromatic rings. The van der Waals surface area contributed by atoms with Crippen molar-refractivity contribution in [1.82, 2.24) is 0 Å². The Morgan fingerprint density at radius 2 is 1.04 bits per heavy atom. The van der Waals surface area contributed by atoms with Gasteiger partial charge in [0.1, 0.15) is 17.4 Å². The third kappa shape index (κ3) is 11.5. The predicted molar refractivity (Wildman–Crippen MR) is 192 cm³/mol. The minimum atomic E-state index is -4.98. The van der Waals surface area contributed by atoms with Crippen LogP contribution in [-0.4, -0.2) is 12.7 Å². The quantitative estimate of drug-likeness (QED) is 0.111. The van der Waals surface area contributed by atoms with Crippen LogP contribution in [0.5, 0.6) is 11.5 Å². The van der Waals surface area contributed by atoms with Gasteiger partial charge >= 0.3 is 12.7 Å². The highest BCUT2D eigenvalue weighted by Gasteiger charge is 2.32. The molecule has 0 saturated carbocycles. The number of allylic oxidation sites excluding steroid dienone is 4. The summed E-state index contributed by atoms with van der Waals surface area (Å²) in [6.07, 6.45) is 1.10. The van der Waals surface area contributed by atoms with E-state index in [2.05, 4.69) is 53.1 Å². The molecule has 2 aliphatic rings. The highest BCUT2D eigenvalue weighted by atomic mass is 19.4. The van der Waals surface area contributed by atoms with E-state index in [0.717, 1.165) is 61.8 Å². The van der Waals surface area contributed by atoms with Gasteiger partial charge in [-0.3, -0.25) is 0 Å². The van der Waals surface area contributed by atoms with Crippen LogP contribution in [0.25, 0.3) is 0 Å². The van der Waals surface area contributed by atoms with E-state index in [1.54, 1.807) is 12.1 Å². The number of hydrogen-bond donors (Lipinski definition) is 0. The van der Waals surface area contributed by atoms with E-state index in [1.807, 2.05) is 18.2 Å². The molecular weight excluding hydrogens is 731 g/mol. The molecule has 0 radical (unpaired) electrons. The molecule has 0 aliphatic heterocycles. The lowest BCUT2D eigenvalue weighted by Crippen LogP contribution is -2.17. The van der Waals surface area contributed by atoms with E-state index in [-0.39, 0.29) is 28.3 Å². The molecule has 0 bridgehead atoms. The largest absolute Gasteiger partial charge is 0.573 e. The maximum absolute atomic E-state index is 14.7. The molecule has 4 aromatic carbocycles. The molecule has 55 heavy (non-hydrogen) atoms. The Morgan fingerprint density at radius 1 is 0.564 bits per heavy atom. The van der Waals surface area contributed by atoms with Crippen molar-refractivity contribution in [3.05, 3.63) is 152 Å². The summed E-state index contributed by atoms with van der Waals surface area (Å²) in [5, 5.41) is 0. The summed E-state index contributed by atoms with van der Waals surface area (Å²) in [5.74, 6) is 7.61. The van der Waals surface area contributed by atoms with Crippen molar-refractivity contribution in [3.63, 3.8) is 0 Å². The van der Waals surface area contributed by atoms with Crippen molar-refractivity contribution >= 4 is 0 Å². The fourth-order valence-electron chi connectivity index (χ4n) is 6.24. The number of fused-ring (bicyclic) bond motifs is 2. The Labute approximate surface area is 313 Å². The van der Waals surface area contributed by atoms with Crippen LogP contribution in [-0.2, 0) is 25.7 Å². The molecule has 0 spiro atoms. The van der Waals surface area contributed by atoms with Gasteiger partial charge in [0.25, 0.3) is 0 Å². The Hall–Kier alpha value is -5.55. The zero-order chi connectivity index (χ0) is 39.8. The summed E-state index contributed by atoms with van der Waals surface area (Å²) in [7, 11) is 0. The first-order valence-electron chi connectivity index (χ1n) is 17.5. The van der Waals surface area contributed by atoms with Crippen LogP contribution in [0.3, 0.4) is 0 Å². The third-order valence-corrected chi connectivity index (χ3v) is 8.78. The third-order valence-electron chi connectivity index (χ3n) is 8.78. The maximum Gasteiger partial charge on any atom is 0.573 e. The number of ether oxygens (including phenoxy) is 2. The topological polar surface area (TPSA) is 18.5 Å². The minimum Gasteiger partial charge on any atom is -0.406 e. The van der Waals surface area contributed by atoms with E-state index >= 15 is 0 Å². The number of halogens is 9. The summed E-state index contributed by atoms with van der Waals surface area (Å²) in [6, 6.07) is 15.0. The lowest BCUT2D eigenvalue weighted by molar-refractivity contribution is -0.276. The monoisotopic (exact) mass is 766 g/mol. The average molecular weight is 767 g/mol. The van der Waals surface area contributed by atoms with E-state index < -0.39 is 30.1 Å². The molecule has 11 heteroatoms. The SMILES string of the molecule is CCCC1=CCc2c(ccc(C#Cc3ccc(OC(F)(F)F)c(F)c3)c2F)C1.CCCC1=CCc2c(ccc(C#Cc3ccc(OC(F)(F)F)cc3)c2F)C1. The number of benzene rings is 4. The molecule has 0 aromatic heterocycles. The molecule has 6 rings (SSSR count). The zero-order valence-electron chi connectivity index (χ0n) is 29.9. The van der Waals surface area contributed by atoms with Crippen LogP contribution < -0.4 is 9.47 Å². The molecular formula is C44H35F9O2. The predicted octanol–water partition coefficient (Wildman–Crippen LogP) is 12.0. The molecule has 0 fully saturated rings. The lowest BCUT2D eigenvalue weighted by Gasteiger charge is -2.18. The summed E-state index contributed by atoms with van der Waals surface area (Å²) in [5.41, 5.74) is 6.91. The van der Waals surface area contributed by atoms with Crippen molar-refractivity contribution in [3.8, 4) is 35.2 Å². The molecule has 0 atom stereocenters. The van der Waals surface area contributed by atoms with Gasteiger partial charge in [0.2, 0.25) is 0 Å². The van der Waals surface area contributed by atoms with Crippen molar-refractivity contribution < 1.29 is 49.0 Å². The van der Waals surface area contributed by atoms with Crippen molar-refractivity contribution in [2.24, 2.45) is 0 Å². The van der Waals surface area contributed by atoms with E-state index in [1.165, 1.54) is 41.5 Å². The Balaban J connectivity index is 0.000000211. The second kappa shape index (κ2) is 17.7. The highest BCUT2D eigenvalue weighted by Crippen LogP contribution is 2.30. The van der Waals surface area contributed by atoms with Crippen LogP contribution in [0.1, 0.15) is 84.0 Å². The van der Waals surface area contributed by atoms with Gasteiger partial charge in [-0.1, -0.05) is 85.8 Å². The smallest absolute Gasteiger partial charge is 0.406 e. The summed E-state index contributed by atoms with van der Waals surface area (Å²) < 4.78 is 124. The molecule has 2 aliphatic carbocycles. The fourth-order valence-corrected chi connectivity index (χ4v) is 6.24. The van der Waals surface area contributed by atoms with Crippen molar-refractivity contribution in [1.29, 1.82) is 0 Å². The molecule has 0 saturated heterocycles. The van der Waals surface area contributed by atoms with E-state index in [9.17, 15) is 39.5 Å². The second-order valence-corrected chi connectivity index (χ2v) is 12.9. The molecule has 0 N–H and O–H groups in total. The Morgan fingerprint density at radius 3 is 1.49 bits per heavy atom. The van der Waals surface area contributed by atoms with Gasteiger partial charge in [0.15, 0.2) is 11.6 Å². The van der Waals surface area contributed by atoms with Gasteiger partial charge in [-0.05, 0) is 115 Å². The first-order valence-corrected chi connectivity index (χ1v) is 17.5. The van der Waals surface area contributed by atoms with E-state index in [4.69, 9.17) is 0 Å². The van der Waals surface area contributed by atoms with Crippen LogP contribution >= 0.6 is 0 Å². The van der Waals surface area contributed by atoms with Crippen LogP contribution in [0, 0.1) is 41.1 Å². The van der Waals surface area contributed by atoms with Gasteiger partial charge in [-0.15, -0.1) is 26.3 Å². The first kappa shape index (κ1) is 40.6. The normalized spacial score (nSPS) is 13.3. The Bertz CT molecular complexity index is 2210. The Kier molecular flexibility index (Phi) is 13.1. The summed E-state index contributed by atoms with van der Waals surface area (Å²) in [6.45, 7) is 4.22. The lowest BCUT2D eigenvalue weighted by atomic mass is 9.88. The standard InChI is InChI=1S/C22H17F5O.C22H18F4O/c1-2-3-14-5-10-18-17(12-14)9-8-16(21(18)24)7-4-15-6-11-20(19(23)13-15)28-22(25,26)27;1-2-3-16-7-13-20-18(14-16)10-9-17(21(20)23)8-4-15-5-11-19(12-6-15)27-22(24,25)26/h5-6,8-9,11,13H,2-3,10,12H2,1H3;5-7,9-12H,2-3,13-14H2,1H3. The number of rotatable bonds is 6. The van der Waals surface area contributed by atoms with Gasteiger partial charge in [0, 0.05) is 11.1 Å². The average Bonchev–Trinajstić information content (AvgIpc) is 3.12. The molecule has 2 nitrogen and oxygen atoms in total. The van der Waals surface area contributed by atoms with Crippen LogP contribution in [0.4, 0.5) is 39.5 Å². The summed E-state index contributed by atoms with van der Waals surface area (Å²) >= 11 is 0. The molecule has 0 heterocycles. The first-order chi connectivity index (χ1) is 26.1. The maximum atomic E-state index is 14.7. The fraction of sp³-hybridized carbons (Fsp3) is 0.273. The van der Waals surface area contributed by atoms with Crippen LogP contribution in [0.15, 0.2) is 90.0 Å².